The zero-order chi connectivity index (χ0) is 13.0. The Balaban J connectivity index is 2.00. The second-order valence-electron chi connectivity index (χ2n) is 4.28. The first-order valence-electron chi connectivity index (χ1n) is 6.15. The Morgan fingerprint density at radius 3 is 3.06 bits per heavy atom. The molecule has 0 saturated carbocycles. The van der Waals surface area contributed by atoms with Crippen molar-refractivity contribution in [2.24, 2.45) is 0 Å². The first kappa shape index (κ1) is 12.8. The van der Waals surface area contributed by atoms with Crippen LogP contribution in [0.2, 0.25) is 0 Å². The van der Waals surface area contributed by atoms with Crippen molar-refractivity contribution in [3.8, 4) is 0 Å². The van der Waals surface area contributed by atoms with Gasteiger partial charge in [-0.2, -0.15) is 0 Å². The van der Waals surface area contributed by atoms with Crippen LogP contribution in [0.1, 0.15) is 32.6 Å². The van der Waals surface area contributed by atoms with Gasteiger partial charge in [0.05, 0.1) is 11.0 Å². The zero-order valence-electron chi connectivity index (χ0n) is 10.3. The van der Waals surface area contributed by atoms with Crippen molar-refractivity contribution in [3.05, 3.63) is 18.2 Å². The largest absolute Gasteiger partial charge is 0.329 e. The minimum absolute atomic E-state index is 0.0527. The number of unbranched alkanes of at least 4 members (excludes halogenated alkanes) is 2. The summed E-state index contributed by atoms with van der Waals surface area (Å²) in [6.45, 7) is 2.12. The molecule has 0 atom stereocenters. The van der Waals surface area contributed by atoms with Gasteiger partial charge in [-0.1, -0.05) is 19.8 Å². The molecule has 0 bridgehead atoms. The van der Waals surface area contributed by atoms with Crippen molar-refractivity contribution in [1.29, 1.82) is 0 Å². The molecule has 2 N–H and O–H groups in total. The SMILES string of the molecule is CCCCCC(=O)Nc1ccc2[nH]c([S])nc2c1. The Hall–Kier alpha value is -1.62. The van der Waals surface area contributed by atoms with Gasteiger partial charge >= 0.3 is 0 Å². The van der Waals surface area contributed by atoms with Gasteiger partial charge in [-0.25, -0.2) is 4.98 Å². The predicted molar refractivity (Wildman–Crippen MR) is 74.7 cm³/mol. The van der Waals surface area contributed by atoms with E-state index in [4.69, 9.17) is 12.6 Å². The highest BCUT2D eigenvalue weighted by molar-refractivity contribution is 7.80. The smallest absolute Gasteiger partial charge is 0.224 e. The van der Waals surface area contributed by atoms with Crippen LogP contribution in [0, 0.1) is 0 Å². The number of fused-ring (bicyclic) bond motifs is 1. The molecule has 0 aliphatic rings. The molecule has 0 aliphatic heterocycles. The number of benzene rings is 1. The molecular weight excluding hydrogens is 246 g/mol. The molecule has 2 rings (SSSR count). The lowest BCUT2D eigenvalue weighted by Gasteiger charge is -2.04. The number of hydrogen-bond donors (Lipinski definition) is 2. The fourth-order valence-corrected chi connectivity index (χ4v) is 2.03. The summed E-state index contributed by atoms with van der Waals surface area (Å²) < 4.78 is 0. The van der Waals surface area contributed by atoms with E-state index in [9.17, 15) is 4.79 Å². The number of carbonyl (C=O) groups is 1. The number of aromatic amines is 1. The van der Waals surface area contributed by atoms with E-state index < -0.39 is 0 Å². The highest BCUT2D eigenvalue weighted by Gasteiger charge is 2.05. The first-order chi connectivity index (χ1) is 8.69. The van der Waals surface area contributed by atoms with Gasteiger partial charge < -0.3 is 10.3 Å². The van der Waals surface area contributed by atoms with E-state index in [0.29, 0.717) is 11.6 Å². The number of H-pyrrole nitrogens is 1. The number of nitrogens with one attached hydrogen (secondary N) is 2. The van der Waals surface area contributed by atoms with Crippen molar-refractivity contribution in [2.75, 3.05) is 5.32 Å². The Morgan fingerprint density at radius 2 is 2.28 bits per heavy atom. The van der Waals surface area contributed by atoms with Gasteiger partial charge in [0, 0.05) is 12.1 Å². The van der Waals surface area contributed by atoms with E-state index in [1.807, 2.05) is 18.2 Å². The third kappa shape index (κ3) is 3.20. The van der Waals surface area contributed by atoms with Crippen LogP contribution in [0.5, 0.6) is 0 Å². The van der Waals surface area contributed by atoms with Gasteiger partial charge in [0.25, 0.3) is 0 Å². The number of nitrogens with zero attached hydrogens (tertiary/aromatic N) is 1. The van der Waals surface area contributed by atoms with Gasteiger partial charge in [-0.15, -0.1) is 0 Å². The fraction of sp³-hybridized carbons (Fsp3) is 0.385. The van der Waals surface area contributed by atoms with Gasteiger partial charge in [-0.05, 0) is 37.2 Å². The van der Waals surface area contributed by atoms with Crippen molar-refractivity contribution >= 4 is 35.3 Å². The average Bonchev–Trinajstić information content (AvgIpc) is 2.69. The zero-order valence-corrected chi connectivity index (χ0v) is 11.1. The Bertz CT molecular complexity index is 550. The fourth-order valence-electron chi connectivity index (χ4n) is 1.82. The maximum Gasteiger partial charge on any atom is 0.224 e. The number of aromatic nitrogens is 2. The number of imidazole rings is 1. The standard InChI is InChI=1S/C13H16N3OS/c1-2-3-4-5-12(17)14-9-6-7-10-11(8-9)16-13(18)15-10/h6-8H,2-5H2,1H3,(H,14,17)(H,15,16). The van der Waals surface area contributed by atoms with Crippen LogP contribution in [0.4, 0.5) is 5.69 Å². The van der Waals surface area contributed by atoms with Gasteiger partial charge in [0.15, 0.2) is 5.16 Å². The molecule has 4 nitrogen and oxygen atoms in total. The topological polar surface area (TPSA) is 57.8 Å². The monoisotopic (exact) mass is 262 g/mol. The maximum atomic E-state index is 11.7. The second kappa shape index (κ2) is 5.82. The summed E-state index contributed by atoms with van der Waals surface area (Å²) in [6.07, 6.45) is 3.71. The molecule has 0 unspecified atom stereocenters. The summed E-state index contributed by atoms with van der Waals surface area (Å²) in [5.74, 6) is 0.0527. The van der Waals surface area contributed by atoms with E-state index in [1.165, 1.54) is 0 Å². The summed E-state index contributed by atoms with van der Waals surface area (Å²) in [6, 6.07) is 5.56. The number of hydrogen-bond acceptors (Lipinski definition) is 2. The van der Waals surface area contributed by atoms with E-state index in [0.717, 1.165) is 36.0 Å². The molecule has 1 amide bonds. The first-order valence-corrected chi connectivity index (χ1v) is 6.56. The van der Waals surface area contributed by atoms with Crippen LogP contribution in [0.15, 0.2) is 23.4 Å². The van der Waals surface area contributed by atoms with E-state index in [2.05, 4.69) is 22.2 Å². The molecule has 0 spiro atoms. The molecule has 1 radical (unpaired) electrons. The molecule has 0 fully saturated rings. The molecule has 5 heteroatoms. The van der Waals surface area contributed by atoms with Crippen LogP contribution in [-0.4, -0.2) is 15.9 Å². The Morgan fingerprint density at radius 1 is 1.44 bits per heavy atom. The lowest BCUT2D eigenvalue weighted by molar-refractivity contribution is -0.116. The van der Waals surface area contributed by atoms with E-state index >= 15 is 0 Å². The molecule has 1 heterocycles. The lowest BCUT2D eigenvalue weighted by atomic mass is 10.2. The van der Waals surface area contributed by atoms with Crippen molar-refractivity contribution < 1.29 is 4.79 Å². The summed E-state index contributed by atoms with van der Waals surface area (Å²) in [4.78, 5) is 18.8. The Kier molecular flexibility index (Phi) is 4.15. The minimum atomic E-state index is 0.0527. The molecule has 2 aromatic rings. The van der Waals surface area contributed by atoms with Gasteiger partial charge in [0.2, 0.25) is 5.91 Å². The highest BCUT2D eigenvalue weighted by atomic mass is 32.1. The number of anilines is 1. The van der Waals surface area contributed by atoms with Crippen LogP contribution < -0.4 is 5.32 Å². The molecule has 95 valence electrons. The highest BCUT2D eigenvalue weighted by Crippen LogP contribution is 2.18. The average molecular weight is 262 g/mol. The summed E-state index contributed by atoms with van der Waals surface area (Å²) in [5.41, 5.74) is 2.45. The molecule has 1 aromatic carbocycles. The second-order valence-corrected chi connectivity index (χ2v) is 4.67. The van der Waals surface area contributed by atoms with E-state index in [1.54, 1.807) is 0 Å². The van der Waals surface area contributed by atoms with Crippen LogP contribution >= 0.6 is 12.6 Å². The normalized spacial score (nSPS) is 10.7. The molecule has 0 aliphatic carbocycles. The number of rotatable bonds is 5. The molecule has 1 aromatic heterocycles. The predicted octanol–water partition coefficient (Wildman–Crippen LogP) is 3.64. The molecular formula is C13H16N3OS. The minimum Gasteiger partial charge on any atom is -0.329 e. The van der Waals surface area contributed by atoms with Crippen LogP contribution in [0.25, 0.3) is 11.0 Å². The maximum absolute atomic E-state index is 11.7. The summed E-state index contributed by atoms with van der Waals surface area (Å²) in [7, 11) is 0. The lowest BCUT2D eigenvalue weighted by Crippen LogP contribution is -2.10. The van der Waals surface area contributed by atoms with E-state index in [-0.39, 0.29) is 5.91 Å². The number of amides is 1. The van der Waals surface area contributed by atoms with Crippen LogP contribution in [-0.2, 0) is 4.79 Å². The summed E-state index contributed by atoms with van der Waals surface area (Å²) >= 11 is 4.96. The van der Waals surface area contributed by atoms with Gasteiger partial charge in [-0.3, -0.25) is 4.79 Å². The van der Waals surface area contributed by atoms with Gasteiger partial charge in [0.1, 0.15) is 0 Å². The quantitative estimate of drug-likeness (QED) is 0.808. The van der Waals surface area contributed by atoms with Crippen molar-refractivity contribution in [2.45, 2.75) is 37.8 Å². The molecule has 18 heavy (non-hydrogen) atoms. The molecule has 0 saturated heterocycles. The van der Waals surface area contributed by atoms with Crippen molar-refractivity contribution in [3.63, 3.8) is 0 Å². The van der Waals surface area contributed by atoms with Crippen LogP contribution in [0.3, 0.4) is 0 Å². The van der Waals surface area contributed by atoms with Crippen molar-refractivity contribution in [1.82, 2.24) is 9.97 Å². The summed E-state index contributed by atoms with van der Waals surface area (Å²) in [5, 5.41) is 3.34. The third-order valence-corrected chi connectivity index (χ3v) is 2.95. The number of carbonyl (C=O) groups excluding carboxylic acids is 1. The Labute approximate surface area is 112 Å². The third-order valence-electron chi connectivity index (χ3n) is 2.75.